The summed E-state index contributed by atoms with van der Waals surface area (Å²) in [5.74, 6) is -1.83. The van der Waals surface area contributed by atoms with E-state index in [0.717, 1.165) is 5.56 Å². The Morgan fingerprint density at radius 1 is 1.15 bits per heavy atom. The van der Waals surface area contributed by atoms with Crippen molar-refractivity contribution in [2.24, 2.45) is 0 Å². The van der Waals surface area contributed by atoms with Crippen LogP contribution in [0.15, 0.2) is 48.0 Å². The van der Waals surface area contributed by atoms with Crippen molar-refractivity contribution < 1.29 is 28.6 Å². The maximum atomic E-state index is 14.9. The maximum absolute atomic E-state index is 14.9. The van der Waals surface area contributed by atoms with Crippen LogP contribution in [0.5, 0.6) is 5.75 Å². The third kappa shape index (κ3) is 4.99. The molecule has 1 aliphatic rings. The van der Waals surface area contributed by atoms with Gasteiger partial charge in [-0.1, -0.05) is 39.0 Å². The molecule has 2 aromatic carbocycles. The lowest BCUT2D eigenvalue weighted by Gasteiger charge is -2.26. The number of halogens is 1. The van der Waals surface area contributed by atoms with E-state index in [4.69, 9.17) is 9.47 Å². The highest BCUT2D eigenvalue weighted by atomic mass is 19.1. The highest BCUT2D eigenvalue weighted by molar-refractivity contribution is 6.46. The first-order valence-corrected chi connectivity index (χ1v) is 11.4. The molecule has 1 amide bonds. The minimum atomic E-state index is -1.04. The molecule has 0 aliphatic carbocycles. The SMILES string of the molecule is CCOc1ccc(/C(O)=C2\C(=O)C(=O)N(CCCOC)C2c2ccccc2F)cc1C(C)(C)C. The van der Waals surface area contributed by atoms with Crippen molar-refractivity contribution in [3.05, 3.63) is 70.5 Å². The van der Waals surface area contributed by atoms with E-state index in [1.807, 2.05) is 27.7 Å². The zero-order valence-electron chi connectivity index (χ0n) is 20.4. The van der Waals surface area contributed by atoms with Gasteiger partial charge < -0.3 is 19.5 Å². The van der Waals surface area contributed by atoms with E-state index in [0.29, 0.717) is 30.9 Å². The Bertz CT molecular complexity index is 1100. The predicted octanol–water partition coefficient (Wildman–Crippen LogP) is 4.98. The Morgan fingerprint density at radius 2 is 1.85 bits per heavy atom. The third-order valence-electron chi connectivity index (χ3n) is 5.85. The van der Waals surface area contributed by atoms with Crippen LogP contribution in [0, 0.1) is 5.82 Å². The number of benzene rings is 2. The molecule has 1 heterocycles. The number of rotatable bonds is 8. The molecular weight excluding hydrogens is 437 g/mol. The van der Waals surface area contributed by atoms with E-state index in [1.54, 1.807) is 31.4 Å². The fraction of sp³-hybridized carbons (Fsp3) is 0.407. The number of amides is 1. The average molecular weight is 470 g/mol. The van der Waals surface area contributed by atoms with Crippen molar-refractivity contribution in [3.63, 3.8) is 0 Å². The number of Topliss-reactive ketones (excluding diaryl/α,β-unsaturated/α-hetero) is 1. The van der Waals surface area contributed by atoms with Crippen LogP contribution in [0.25, 0.3) is 5.76 Å². The predicted molar refractivity (Wildman–Crippen MR) is 128 cm³/mol. The van der Waals surface area contributed by atoms with Crippen LogP contribution in [-0.2, 0) is 19.7 Å². The number of hydrogen-bond acceptors (Lipinski definition) is 5. The van der Waals surface area contributed by atoms with Gasteiger partial charge in [0.05, 0.1) is 18.2 Å². The maximum Gasteiger partial charge on any atom is 0.295 e. The average Bonchev–Trinajstić information content (AvgIpc) is 3.04. The second-order valence-corrected chi connectivity index (χ2v) is 9.25. The van der Waals surface area contributed by atoms with Crippen LogP contribution >= 0.6 is 0 Å². The summed E-state index contributed by atoms with van der Waals surface area (Å²) in [5.41, 5.74) is 0.928. The number of hydrogen-bond donors (Lipinski definition) is 1. The van der Waals surface area contributed by atoms with E-state index in [2.05, 4.69) is 0 Å². The number of ketones is 1. The van der Waals surface area contributed by atoms with Crippen LogP contribution in [0.1, 0.15) is 56.8 Å². The summed E-state index contributed by atoms with van der Waals surface area (Å²) in [5, 5.41) is 11.3. The Morgan fingerprint density at radius 3 is 2.47 bits per heavy atom. The molecule has 0 radical (unpaired) electrons. The standard InChI is InChI=1S/C27H32FNO5/c1-6-34-21-13-12-17(16-19(21)27(2,3)4)24(30)22-23(18-10-7-8-11-20(18)28)29(14-9-15-33-5)26(32)25(22)31/h7-8,10-13,16,23,30H,6,9,14-15H2,1-5H3/b24-22+. The first-order valence-electron chi connectivity index (χ1n) is 11.4. The zero-order valence-corrected chi connectivity index (χ0v) is 20.4. The molecule has 1 saturated heterocycles. The van der Waals surface area contributed by atoms with Crippen LogP contribution in [-0.4, -0.2) is 48.6 Å². The van der Waals surface area contributed by atoms with Gasteiger partial charge in [0, 0.05) is 37.0 Å². The number of aliphatic hydroxyl groups excluding tert-OH is 1. The van der Waals surface area contributed by atoms with Crippen LogP contribution < -0.4 is 4.74 Å². The number of nitrogens with zero attached hydrogens (tertiary/aromatic N) is 1. The van der Waals surface area contributed by atoms with Gasteiger partial charge in [-0.15, -0.1) is 0 Å². The van der Waals surface area contributed by atoms with Gasteiger partial charge in [-0.25, -0.2) is 4.39 Å². The molecule has 1 atom stereocenters. The van der Waals surface area contributed by atoms with Gasteiger partial charge in [0.2, 0.25) is 0 Å². The highest BCUT2D eigenvalue weighted by Gasteiger charge is 2.46. The van der Waals surface area contributed by atoms with Gasteiger partial charge >= 0.3 is 0 Å². The molecule has 0 saturated carbocycles. The Hall–Kier alpha value is -3.19. The minimum absolute atomic E-state index is 0.128. The molecule has 1 aliphatic heterocycles. The normalized spacial score (nSPS) is 17.9. The van der Waals surface area contributed by atoms with Crippen LogP contribution in [0.4, 0.5) is 4.39 Å². The summed E-state index contributed by atoms with van der Waals surface area (Å²) in [6.45, 7) is 8.98. The zero-order chi connectivity index (χ0) is 25.0. The monoisotopic (exact) mass is 469 g/mol. The summed E-state index contributed by atoms with van der Waals surface area (Å²) in [6, 6.07) is 10.1. The summed E-state index contributed by atoms with van der Waals surface area (Å²) in [4.78, 5) is 27.4. The van der Waals surface area contributed by atoms with Crippen LogP contribution in [0.2, 0.25) is 0 Å². The van der Waals surface area contributed by atoms with E-state index in [9.17, 15) is 19.1 Å². The smallest absolute Gasteiger partial charge is 0.295 e. The van der Waals surface area contributed by atoms with Gasteiger partial charge in [0.25, 0.3) is 11.7 Å². The van der Waals surface area contributed by atoms with Gasteiger partial charge in [0.15, 0.2) is 0 Å². The lowest BCUT2D eigenvalue weighted by Crippen LogP contribution is -2.31. The van der Waals surface area contributed by atoms with Crippen molar-refractivity contribution in [1.29, 1.82) is 0 Å². The molecule has 0 aromatic heterocycles. The van der Waals surface area contributed by atoms with E-state index >= 15 is 0 Å². The van der Waals surface area contributed by atoms with Gasteiger partial charge in [0.1, 0.15) is 17.3 Å². The number of methoxy groups -OCH3 is 1. The third-order valence-corrected chi connectivity index (χ3v) is 5.85. The molecule has 182 valence electrons. The molecule has 1 fully saturated rings. The van der Waals surface area contributed by atoms with Gasteiger partial charge in [-0.2, -0.15) is 0 Å². The Balaban J connectivity index is 2.19. The van der Waals surface area contributed by atoms with Crippen LogP contribution in [0.3, 0.4) is 0 Å². The first-order chi connectivity index (χ1) is 16.1. The lowest BCUT2D eigenvalue weighted by atomic mass is 9.84. The second kappa shape index (κ2) is 10.4. The molecular formula is C27H32FNO5. The Kier molecular flexibility index (Phi) is 7.77. The van der Waals surface area contributed by atoms with E-state index in [1.165, 1.54) is 23.1 Å². The molecule has 3 rings (SSSR count). The molecule has 7 heteroatoms. The van der Waals surface area contributed by atoms with Gasteiger partial charge in [-0.05, 0) is 43.0 Å². The molecule has 2 aromatic rings. The summed E-state index contributed by atoms with van der Waals surface area (Å²) >= 11 is 0. The number of carbonyl (C=O) groups is 2. The van der Waals surface area contributed by atoms with Crippen molar-refractivity contribution in [1.82, 2.24) is 4.90 Å². The summed E-state index contributed by atoms with van der Waals surface area (Å²) < 4.78 is 25.7. The van der Waals surface area contributed by atoms with Crippen molar-refractivity contribution >= 4 is 17.4 Å². The van der Waals surface area contributed by atoms with Crippen molar-refractivity contribution in [3.8, 4) is 5.75 Å². The summed E-state index contributed by atoms with van der Waals surface area (Å²) in [6.07, 6.45) is 0.464. The number of ether oxygens (including phenoxy) is 2. The van der Waals surface area contributed by atoms with E-state index in [-0.39, 0.29) is 28.9 Å². The number of likely N-dealkylation sites (tertiary alicyclic amines) is 1. The molecule has 34 heavy (non-hydrogen) atoms. The quantitative estimate of drug-likeness (QED) is 0.255. The number of carbonyl (C=O) groups excluding carboxylic acids is 2. The first kappa shape index (κ1) is 25.4. The molecule has 1 N–H and O–H groups in total. The lowest BCUT2D eigenvalue weighted by molar-refractivity contribution is -0.140. The second-order valence-electron chi connectivity index (χ2n) is 9.25. The van der Waals surface area contributed by atoms with Crippen molar-refractivity contribution in [2.45, 2.75) is 45.6 Å². The molecule has 0 spiro atoms. The minimum Gasteiger partial charge on any atom is -0.507 e. The molecule has 1 unspecified atom stereocenters. The molecule has 6 nitrogen and oxygen atoms in total. The number of aliphatic hydroxyl groups is 1. The fourth-order valence-corrected chi connectivity index (χ4v) is 4.21. The van der Waals surface area contributed by atoms with Crippen molar-refractivity contribution in [2.75, 3.05) is 26.9 Å². The Labute approximate surface area is 200 Å². The topological polar surface area (TPSA) is 76.1 Å². The largest absolute Gasteiger partial charge is 0.507 e. The summed E-state index contributed by atoms with van der Waals surface area (Å²) in [7, 11) is 1.54. The molecule has 0 bridgehead atoms. The van der Waals surface area contributed by atoms with E-state index < -0.39 is 23.5 Å². The highest BCUT2D eigenvalue weighted by Crippen LogP contribution is 2.41. The van der Waals surface area contributed by atoms with Gasteiger partial charge in [-0.3, -0.25) is 9.59 Å². The fourth-order valence-electron chi connectivity index (χ4n) is 4.21.